The quantitative estimate of drug-likeness (QED) is 0.244. The third-order valence-corrected chi connectivity index (χ3v) is 7.47. The summed E-state index contributed by atoms with van der Waals surface area (Å²) in [4.78, 5) is 25.7. The zero-order valence-corrected chi connectivity index (χ0v) is 23.5. The van der Waals surface area contributed by atoms with Gasteiger partial charge in [-0.2, -0.15) is 4.39 Å². The normalized spacial score (nSPS) is 11.4. The number of benzene rings is 1. The van der Waals surface area contributed by atoms with E-state index in [1.165, 1.54) is 28.9 Å². The summed E-state index contributed by atoms with van der Waals surface area (Å²) in [6.45, 7) is 4.12. The van der Waals surface area contributed by atoms with E-state index in [2.05, 4.69) is 46.6 Å². The molecule has 0 aliphatic carbocycles. The molecule has 6 rings (SSSR count). The first kappa shape index (κ1) is 26.6. The molecule has 1 aromatic carbocycles. The minimum Gasteiger partial charge on any atom is -0.326 e. The Bertz CT molecular complexity index is 1950. The summed E-state index contributed by atoms with van der Waals surface area (Å²) >= 11 is 3.23. The van der Waals surface area contributed by atoms with E-state index >= 15 is 0 Å². The number of nitrogens with one attached hydrogen (secondary N) is 1. The van der Waals surface area contributed by atoms with Crippen LogP contribution in [0, 0.1) is 25.6 Å². The average molecular weight is 618 g/mol. The molecule has 0 saturated carbocycles. The van der Waals surface area contributed by atoms with Crippen LogP contribution in [-0.2, 0) is 17.8 Å². The van der Waals surface area contributed by atoms with Gasteiger partial charge < -0.3 is 5.32 Å². The molecule has 41 heavy (non-hydrogen) atoms. The largest absolute Gasteiger partial charge is 0.326 e. The van der Waals surface area contributed by atoms with Gasteiger partial charge in [-0.1, -0.05) is 5.21 Å². The molecule has 0 spiro atoms. The van der Waals surface area contributed by atoms with Crippen molar-refractivity contribution in [3.8, 4) is 11.3 Å². The zero-order valence-electron chi connectivity index (χ0n) is 21.9. The van der Waals surface area contributed by atoms with Gasteiger partial charge in [-0.3, -0.25) is 4.79 Å². The molecule has 1 N–H and O–H groups in total. The third-order valence-electron chi connectivity index (χ3n) is 6.78. The molecule has 13 heteroatoms. The Kier molecular flexibility index (Phi) is 6.95. The Hall–Kier alpha value is -4.65. The number of halogens is 3. The van der Waals surface area contributed by atoms with E-state index in [4.69, 9.17) is 4.98 Å². The number of aryl methyl sites for hydroxylation is 2. The van der Waals surface area contributed by atoms with Crippen LogP contribution in [-0.4, -0.2) is 45.5 Å². The first-order valence-electron chi connectivity index (χ1n) is 12.7. The lowest BCUT2D eigenvalue weighted by Gasteiger charge is -2.11. The molecular formula is C28H22BrF2N9O. The van der Waals surface area contributed by atoms with Gasteiger partial charge >= 0.3 is 0 Å². The standard InChI is InChI=1S/C28H22BrF2N9O/c1-15-19(16(2)40-28(33-15)20-4-3-11-32-27(20)37-40)7-10-25(41)34-18-6-8-22(30)21(12-18)23-14-39(38-36-23)13-17-5-9-24(31)35-26(17)29/h3-6,8-9,11-12,14H,7,10,13H2,1-2H3,(H,34,41). The highest BCUT2D eigenvalue weighted by atomic mass is 79.9. The molecule has 0 aliphatic rings. The fourth-order valence-corrected chi connectivity index (χ4v) is 5.15. The van der Waals surface area contributed by atoms with Gasteiger partial charge in [0.1, 0.15) is 16.1 Å². The van der Waals surface area contributed by atoms with Crippen LogP contribution in [0.4, 0.5) is 14.5 Å². The number of rotatable bonds is 7. The van der Waals surface area contributed by atoms with E-state index in [-0.39, 0.29) is 30.1 Å². The number of hydrogen-bond acceptors (Lipinski definition) is 7. The van der Waals surface area contributed by atoms with Crippen molar-refractivity contribution in [2.45, 2.75) is 33.2 Å². The minimum absolute atomic E-state index is 0.186. The zero-order chi connectivity index (χ0) is 28.7. The van der Waals surface area contributed by atoms with Crippen LogP contribution in [0.3, 0.4) is 0 Å². The van der Waals surface area contributed by atoms with Crippen LogP contribution in [0.5, 0.6) is 0 Å². The lowest BCUT2D eigenvalue weighted by atomic mass is 10.1. The molecule has 0 atom stereocenters. The molecule has 0 bridgehead atoms. The highest BCUT2D eigenvalue weighted by Crippen LogP contribution is 2.26. The van der Waals surface area contributed by atoms with Gasteiger partial charge in [-0.25, -0.2) is 28.5 Å². The predicted octanol–water partition coefficient (Wildman–Crippen LogP) is 5.21. The molecular weight excluding hydrogens is 596 g/mol. The van der Waals surface area contributed by atoms with E-state index < -0.39 is 11.8 Å². The first-order chi connectivity index (χ1) is 19.8. The fraction of sp³-hybridized carbons (Fsp3) is 0.179. The van der Waals surface area contributed by atoms with Crippen LogP contribution >= 0.6 is 15.9 Å². The second-order valence-electron chi connectivity index (χ2n) is 9.50. The van der Waals surface area contributed by atoms with Gasteiger partial charge in [-0.15, -0.1) is 10.2 Å². The van der Waals surface area contributed by atoms with E-state index in [9.17, 15) is 13.6 Å². The summed E-state index contributed by atoms with van der Waals surface area (Å²) in [5.41, 5.74) is 5.58. The highest BCUT2D eigenvalue weighted by molar-refractivity contribution is 9.10. The number of nitrogens with zero attached hydrogens (tertiary/aromatic N) is 8. The van der Waals surface area contributed by atoms with Crippen molar-refractivity contribution in [1.29, 1.82) is 0 Å². The summed E-state index contributed by atoms with van der Waals surface area (Å²) in [6.07, 6.45) is 3.91. The van der Waals surface area contributed by atoms with Crippen molar-refractivity contribution in [3.63, 3.8) is 0 Å². The van der Waals surface area contributed by atoms with Crippen molar-refractivity contribution >= 4 is 44.2 Å². The number of carbonyl (C=O) groups is 1. The number of carbonyl (C=O) groups excluding carboxylic acids is 1. The van der Waals surface area contributed by atoms with Crippen molar-refractivity contribution < 1.29 is 13.6 Å². The summed E-state index contributed by atoms with van der Waals surface area (Å²) in [5, 5.41) is 16.4. The van der Waals surface area contributed by atoms with Crippen molar-refractivity contribution in [2.75, 3.05) is 5.32 Å². The fourth-order valence-electron chi connectivity index (χ4n) is 4.72. The summed E-state index contributed by atoms with van der Waals surface area (Å²) < 4.78 is 31.6. The Balaban J connectivity index is 1.16. The molecule has 0 fully saturated rings. The van der Waals surface area contributed by atoms with Gasteiger partial charge in [0.15, 0.2) is 11.3 Å². The first-order valence-corrected chi connectivity index (χ1v) is 13.5. The Morgan fingerprint density at radius 1 is 1.10 bits per heavy atom. The van der Waals surface area contributed by atoms with Gasteiger partial charge in [0.05, 0.1) is 18.1 Å². The molecule has 0 radical (unpaired) electrons. The van der Waals surface area contributed by atoms with E-state index in [0.717, 1.165) is 28.0 Å². The monoisotopic (exact) mass is 617 g/mol. The van der Waals surface area contributed by atoms with E-state index in [1.54, 1.807) is 23.0 Å². The average Bonchev–Trinajstić information content (AvgIpc) is 3.56. The second kappa shape index (κ2) is 10.7. The SMILES string of the molecule is Cc1nc2c3cccnc3nn2c(C)c1CCC(=O)Nc1ccc(F)c(-c2cn(Cc3ccc(F)nc3Br)nn2)c1. The molecule has 0 unspecified atom stereocenters. The van der Waals surface area contributed by atoms with E-state index in [1.807, 2.05) is 26.0 Å². The maximum absolute atomic E-state index is 14.7. The lowest BCUT2D eigenvalue weighted by molar-refractivity contribution is -0.116. The lowest BCUT2D eigenvalue weighted by Crippen LogP contribution is -2.14. The van der Waals surface area contributed by atoms with Crippen LogP contribution in [0.2, 0.25) is 0 Å². The van der Waals surface area contributed by atoms with Gasteiger partial charge in [0.2, 0.25) is 11.9 Å². The smallest absolute Gasteiger partial charge is 0.224 e. The van der Waals surface area contributed by atoms with Gasteiger partial charge in [0.25, 0.3) is 0 Å². The second-order valence-corrected chi connectivity index (χ2v) is 10.3. The Labute approximate surface area is 240 Å². The molecule has 5 aromatic heterocycles. The van der Waals surface area contributed by atoms with Crippen molar-refractivity contribution in [3.05, 3.63) is 93.7 Å². The molecule has 10 nitrogen and oxygen atoms in total. The number of aromatic nitrogens is 8. The summed E-state index contributed by atoms with van der Waals surface area (Å²) in [7, 11) is 0. The Morgan fingerprint density at radius 3 is 2.78 bits per heavy atom. The number of hydrogen-bond donors (Lipinski definition) is 1. The van der Waals surface area contributed by atoms with Crippen LogP contribution in [0.1, 0.15) is 28.9 Å². The molecule has 5 heterocycles. The minimum atomic E-state index is -0.604. The predicted molar refractivity (Wildman–Crippen MR) is 151 cm³/mol. The molecule has 6 aromatic rings. The number of anilines is 1. The summed E-state index contributed by atoms with van der Waals surface area (Å²) in [6, 6.07) is 10.9. The maximum atomic E-state index is 14.7. The highest BCUT2D eigenvalue weighted by Gasteiger charge is 2.17. The van der Waals surface area contributed by atoms with Crippen molar-refractivity contribution in [2.24, 2.45) is 0 Å². The van der Waals surface area contributed by atoms with Crippen LogP contribution in [0.25, 0.3) is 27.9 Å². The van der Waals surface area contributed by atoms with Gasteiger partial charge in [-0.05, 0) is 84.2 Å². The van der Waals surface area contributed by atoms with E-state index in [0.29, 0.717) is 27.9 Å². The van der Waals surface area contributed by atoms with Gasteiger partial charge in [0, 0.05) is 40.8 Å². The maximum Gasteiger partial charge on any atom is 0.224 e. The van der Waals surface area contributed by atoms with Crippen LogP contribution in [0.15, 0.2) is 59.5 Å². The molecule has 206 valence electrons. The summed E-state index contributed by atoms with van der Waals surface area (Å²) in [5.74, 6) is -1.34. The van der Waals surface area contributed by atoms with Crippen molar-refractivity contribution in [1.82, 2.24) is 39.6 Å². The number of pyridine rings is 2. The van der Waals surface area contributed by atoms with Crippen LogP contribution < -0.4 is 5.32 Å². The third kappa shape index (κ3) is 5.27. The topological polar surface area (TPSA) is 116 Å². The molecule has 0 saturated heterocycles. The number of fused-ring (bicyclic) bond motifs is 3. The molecule has 0 aliphatic heterocycles. The Morgan fingerprint density at radius 2 is 1.95 bits per heavy atom. The number of amides is 1. The molecule has 1 amide bonds.